The van der Waals surface area contributed by atoms with Crippen molar-refractivity contribution >= 4 is 34.7 Å². The molecule has 27 heavy (non-hydrogen) atoms. The van der Waals surface area contributed by atoms with Crippen molar-refractivity contribution in [3.63, 3.8) is 0 Å². The van der Waals surface area contributed by atoms with Gasteiger partial charge in [0.05, 0.1) is 0 Å². The van der Waals surface area contributed by atoms with Crippen LogP contribution in [0.2, 0.25) is 5.02 Å². The van der Waals surface area contributed by atoms with Crippen LogP contribution in [0.25, 0.3) is 11.4 Å². The number of halogens is 1. The quantitative estimate of drug-likeness (QED) is 0.429. The van der Waals surface area contributed by atoms with Gasteiger partial charge in [0.15, 0.2) is 11.0 Å². The molecule has 0 fully saturated rings. The van der Waals surface area contributed by atoms with Gasteiger partial charge in [-0.3, -0.25) is 0 Å². The van der Waals surface area contributed by atoms with E-state index in [9.17, 15) is 0 Å². The van der Waals surface area contributed by atoms with Crippen molar-refractivity contribution in [2.75, 3.05) is 0 Å². The number of nitrogens with zero attached hydrogens (tertiary/aromatic N) is 3. The molecular weight excluding hydrogens is 394 g/mol. The third-order valence-electron chi connectivity index (χ3n) is 5.12. The van der Waals surface area contributed by atoms with Crippen LogP contribution >= 0.6 is 34.7 Å². The largest absolute Gasteiger partial charge is 0.302 e. The summed E-state index contributed by atoms with van der Waals surface area (Å²) in [5, 5.41) is 13.2. The maximum absolute atomic E-state index is 6.31. The summed E-state index contributed by atoms with van der Waals surface area (Å²) < 4.78 is 2.29. The Hall–Kier alpha value is -1.30. The van der Waals surface area contributed by atoms with Gasteiger partial charge in [-0.2, -0.15) is 0 Å². The minimum atomic E-state index is 0.791. The molecule has 4 rings (SSSR count). The third-order valence-corrected chi connectivity index (χ3v) is 7.56. The average Bonchev–Trinajstić information content (AvgIpc) is 3.25. The van der Waals surface area contributed by atoms with Crippen LogP contribution in [0, 0.1) is 5.92 Å². The van der Waals surface area contributed by atoms with Crippen molar-refractivity contribution in [1.29, 1.82) is 0 Å². The molecule has 1 atom stereocenters. The summed E-state index contributed by atoms with van der Waals surface area (Å²) in [5.74, 6) is 2.63. The number of benzene rings is 1. The Morgan fingerprint density at radius 2 is 2.15 bits per heavy atom. The summed E-state index contributed by atoms with van der Waals surface area (Å²) in [7, 11) is 0. The number of rotatable bonds is 6. The topological polar surface area (TPSA) is 30.7 Å². The monoisotopic (exact) mass is 417 g/mol. The van der Waals surface area contributed by atoms with E-state index in [2.05, 4.69) is 40.1 Å². The summed E-state index contributed by atoms with van der Waals surface area (Å²) in [5.41, 5.74) is 3.94. The van der Waals surface area contributed by atoms with E-state index in [0.29, 0.717) is 0 Å². The molecule has 6 heteroatoms. The van der Waals surface area contributed by atoms with Crippen molar-refractivity contribution < 1.29 is 0 Å². The van der Waals surface area contributed by atoms with Crippen LogP contribution in [0.1, 0.15) is 42.7 Å². The fourth-order valence-corrected chi connectivity index (χ4v) is 6.14. The zero-order valence-electron chi connectivity index (χ0n) is 15.7. The van der Waals surface area contributed by atoms with E-state index in [-0.39, 0.29) is 0 Å². The van der Waals surface area contributed by atoms with Crippen LogP contribution in [0.5, 0.6) is 0 Å². The molecule has 0 saturated carbocycles. The smallest absolute Gasteiger partial charge is 0.191 e. The maximum Gasteiger partial charge on any atom is 0.191 e. The van der Waals surface area contributed by atoms with Crippen molar-refractivity contribution in [3.8, 4) is 11.4 Å². The molecule has 1 aliphatic carbocycles. The molecule has 3 nitrogen and oxygen atoms in total. The second kappa shape index (κ2) is 8.38. The predicted molar refractivity (Wildman–Crippen MR) is 116 cm³/mol. The molecule has 1 aliphatic rings. The van der Waals surface area contributed by atoms with Gasteiger partial charge in [0.25, 0.3) is 0 Å². The molecule has 3 aromatic rings. The summed E-state index contributed by atoms with van der Waals surface area (Å²) >= 11 is 9.93. The first kappa shape index (κ1) is 19.0. The minimum absolute atomic E-state index is 0.791. The summed E-state index contributed by atoms with van der Waals surface area (Å²) in [6.45, 7) is 5.50. The normalized spacial score (nSPS) is 16.5. The number of thiophene rings is 1. The molecule has 2 aromatic heterocycles. The molecule has 1 unspecified atom stereocenters. The van der Waals surface area contributed by atoms with Crippen LogP contribution in [-0.4, -0.2) is 14.8 Å². The van der Waals surface area contributed by atoms with Gasteiger partial charge in [0, 0.05) is 33.1 Å². The summed E-state index contributed by atoms with van der Waals surface area (Å²) in [6, 6.07) is 8.02. The predicted octanol–water partition coefficient (Wildman–Crippen LogP) is 6.49. The molecule has 0 bridgehead atoms. The number of thioether (sulfide) groups is 1. The maximum atomic E-state index is 6.31. The van der Waals surface area contributed by atoms with E-state index >= 15 is 0 Å². The number of fused-ring (bicyclic) bond motifs is 1. The lowest BCUT2D eigenvalue weighted by Gasteiger charge is -2.19. The molecule has 0 N–H and O–H groups in total. The van der Waals surface area contributed by atoms with Crippen LogP contribution in [0.3, 0.4) is 0 Å². The molecule has 0 amide bonds. The first-order valence-corrected chi connectivity index (χ1v) is 11.8. The summed E-state index contributed by atoms with van der Waals surface area (Å²) in [4.78, 5) is 1.54. The Labute approximate surface area is 174 Å². The highest BCUT2D eigenvalue weighted by atomic mass is 35.5. The van der Waals surface area contributed by atoms with Gasteiger partial charge in [-0.15, -0.1) is 21.5 Å². The van der Waals surface area contributed by atoms with Crippen molar-refractivity contribution in [1.82, 2.24) is 14.8 Å². The molecular formula is C21H24ClN3S2. The van der Waals surface area contributed by atoms with E-state index in [4.69, 9.17) is 11.6 Å². The van der Waals surface area contributed by atoms with Gasteiger partial charge < -0.3 is 4.57 Å². The van der Waals surface area contributed by atoms with Gasteiger partial charge in [-0.1, -0.05) is 55.4 Å². The molecule has 1 aromatic carbocycles. The minimum Gasteiger partial charge on any atom is -0.302 e. The number of hydrogen-bond acceptors (Lipinski definition) is 4. The van der Waals surface area contributed by atoms with Crippen LogP contribution in [0.4, 0.5) is 0 Å². The van der Waals surface area contributed by atoms with E-state index in [1.54, 1.807) is 16.6 Å². The first-order valence-electron chi connectivity index (χ1n) is 9.56. The highest BCUT2D eigenvalue weighted by molar-refractivity contribution is 7.98. The van der Waals surface area contributed by atoms with E-state index in [0.717, 1.165) is 52.6 Å². The first-order chi connectivity index (χ1) is 13.2. The lowest BCUT2D eigenvalue weighted by Crippen LogP contribution is -2.10. The fourth-order valence-electron chi connectivity index (χ4n) is 3.64. The van der Waals surface area contributed by atoms with Gasteiger partial charge in [-0.05, 0) is 48.8 Å². The van der Waals surface area contributed by atoms with Gasteiger partial charge >= 0.3 is 0 Å². The van der Waals surface area contributed by atoms with Crippen molar-refractivity contribution in [2.24, 2.45) is 5.92 Å². The SMILES string of the molecule is CCCn1c(SCc2ccccc2Cl)nnc1-c1csc2c1CCC(C)C2. The highest BCUT2D eigenvalue weighted by Crippen LogP contribution is 2.38. The Balaban J connectivity index is 1.62. The zero-order chi connectivity index (χ0) is 18.8. The zero-order valence-corrected chi connectivity index (χ0v) is 18.1. The Kier molecular flexibility index (Phi) is 5.90. The number of aromatic nitrogens is 3. The van der Waals surface area contributed by atoms with Crippen LogP contribution in [-0.2, 0) is 25.1 Å². The van der Waals surface area contributed by atoms with Crippen LogP contribution < -0.4 is 0 Å². The van der Waals surface area contributed by atoms with E-state index in [1.807, 2.05) is 29.5 Å². The van der Waals surface area contributed by atoms with E-state index < -0.39 is 0 Å². The van der Waals surface area contributed by atoms with Crippen molar-refractivity contribution in [3.05, 3.63) is 50.7 Å². The Morgan fingerprint density at radius 1 is 1.30 bits per heavy atom. The Morgan fingerprint density at radius 3 is 2.96 bits per heavy atom. The lowest BCUT2D eigenvalue weighted by molar-refractivity contribution is 0.508. The molecule has 0 saturated heterocycles. The molecule has 0 radical (unpaired) electrons. The van der Waals surface area contributed by atoms with Gasteiger partial charge in [-0.25, -0.2) is 0 Å². The molecule has 2 heterocycles. The second-order valence-electron chi connectivity index (χ2n) is 7.24. The average molecular weight is 418 g/mol. The molecule has 0 spiro atoms. The lowest BCUT2D eigenvalue weighted by atomic mass is 9.88. The number of hydrogen-bond donors (Lipinski definition) is 0. The summed E-state index contributed by atoms with van der Waals surface area (Å²) in [6.07, 6.45) is 4.70. The molecule has 142 valence electrons. The van der Waals surface area contributed by atoms with Gasteiger partial charge in [0.1, 0.15) is 0 Å². The van der Waals surface area contributed by atoms with Crippen molar-refractivity contribution in [2.45, 2.75) is 57.0 Å². The van der Waals surface area contributed by atoms with Crippen LogP contribution in [0.15, 0.2) is 34.8 Å². The van der Waals surface area contributed by atoms with Gasteiger partial charge in [0.2, 0.25) is 0 Å². The second-order valence-corrected chi connectivity index (χ2v) is 9.55. The molecule has 0 aliphatic heterocycles. The highest BCUT2D eigenvalue weighted by Gasteiger charge is 2.24. The fraction of sp³-hybridized carbons (Fsp3) is 0.429. The standard InChI is InChI=1S/C21H24ClN3S2/c1-3-10-25-20(17-13-26-19-11-14(2)8-9-16(17)19)23-24-21(25)27-12-15-6-4-5-7-18(15)22/h4-7,13-14H,3,8-12H2,1-2H3. The van der Waals surface area contributed by atoms with E-state index in [1.165, 1.54) is 24.0 Å². The third kappa shape index (κ3) is 3.96. The Bertz CT molecular complexity index is 931.